The van der Waals surface area contributed by atoms with Gasteiger partial charge in [-0.15, -0.1) is 0 Å². The van der Waals surface area contributed by atoms with Crippen LogP contribution >= 0.6 is 0 Å². The molecule has 0 unspecified atom stereocenters. The Bertz CT molecular complexity index is 887. The highest BCUT2D eigenvalue weighted by molar-refractivity contribution is 5.81. The first kappa shape index (κ1) is 16.2. The van der Waals surface area contributed by atoms with Crippen LogP contribution in [0.25, 0.3) is 11.0 Å². The SMILES string of the molecule is COc1ccc2c(CNCCc3ccc(F)cc3)cc(=O)oc2c1. The summed E-state index contributed by atoms with van der Waals surface area (Å²) in [7, 11) is 1.57. The Balaban J connectivity index is 1.68. The van der Waals surface area contributed by atoms with E-state index in [1.807, 2.05) is 12.1 Å². The average Bonchev–Trinajstić information content (AvgIpc) is 2.59. The van der Waals surface area contributed by atoms with Crippen molar-refractivity contribution in [2.45, 2.75) is 13.0 Å². The number of nitrogens with one attached hydrogen (secondary N) is 1. The summed E-state index contributed by atoms with van der Waals surface area (Å²) in [5.41, 5.74) is 2.07. The summed E-state index contributed by atoms with van der Waals surface area (Å²) in [4.78, 5) is 11.7. The summed E-state index contributed by atoms with van der Waals surface area (Å²) in [5, 5.41) is 4.19. The van der Waals surface area contributed by atoms with Gasteiger partial charge in [0.25, 0.3) is 0 Å². The Kier molecular flexibility index (Phi) is 4.91. The fourth-order valence-corrected chi connectivity index (χ4v) is 2.59. The molecule has 0 amide bonds. The van der Waals surface area contributed by atoms with Crippen molar-refractivity contribution in [3.8, 4) is 5.75 Å². The summed E-state index contributed by atoms with van der Waals surface area (Å²) < 4.78 is 23.3. The smallest absolute Gasteiger partial charge is 0.336 e. The van der Waals surface area contributed by atoms with Gasteiger partial charge in [-0.2, -0.15) is 0 Å². The lowest BCUT2D eigenvalue weighted by Crippen LogP contribution is -2.18. The van der Waals surface area contributed by atoms with E-state index in [1.165, 1.54) is 18.2 Å². The minimum atomic E-state index is -0.383. The molecule has 0 saturated heterocycles. The standard InChI is InChI=1S/C19H18FNO3/c1-23-16-6-7-17-14(10-19(22)24-18(17)11-16)12-21-9-8-13-2-4-15(20)5-3-13/h2-7,10-11,21H,8-9,12H2,1H3. The predicted molar refractivity (Wildman–Crippen MR) is 90.8 cm³/mol. The molecule has 24 heavy (non-hydrogen) atoms. The molecular formula is C19H18FNO3. The first-order valence-electron chi connectivity index (χ1n) is 7.71. The van der Waals surface area contributed by atoms with Crippen molar-refractivity contribution in [3.05, 3.63) is 75.9 Å². The van der Waals surface area contributed by atoms with E-state index in [0.717, 1.165) is 29.5 Å². The Morgan fingerprint density at radius 3 is 2.67 bits per heavy atom. The minimum absolute atomic E-state index is 0.232. The largest absolute Gasteiger partial charge is 0.497 e. The lowest BCUT2D eigenvalue weighted by molar-refractivity contribution is 0.414. The molecule has 0 aliphatic heterocycles. The van der Waals surface area contributed by atoms with E-state index in [-0.39, 0.29) is 11.4 Å². The molecule has 3 rings (SSSR count). The molecule has 5 heteroatoms. The monoisotopic (exact) mass is 327 g/mol. The second-order valence-electron chi connectivity index (χ2n) is 5.51. The maximum atomic E-state index is 12.9. The van der Waals surface area contributed by atoms with Crippen LogP contribution in [0.4, 0.5) is 4.39 Å². The zero-order chi connectivity index (χ0) is 16.9. The number of fused-ring (bicyclic) bond motifs is 1. The van der Waals surface area contributed by atoms with Crippen LogP contribution in [0.5, 0.6) is 5.75 Å². The number of hydrogen-bond donors (Lipinski definition) is 1. The third-order valence-corrected chi connectivity index (χ3v) is 3.86. The summed E-state index contributed by atoms with van der Waals surface area (Å²) in [6.45, 7) is 1.28. The second kappa shape index (κ2) is 7.27. The van der Waals surface area contributed by atoms with E-state index in [9.17, 15) is 9.18 Å². The molecule has 124 valence electrons. The van der Waals surface area contributed by atoms with Crippen LogP contribution in [0.1, 0.15) is 11.1 Å². The molecule has 0 aliphatic rings. The van der Waals surface area contributed by atoms with Crippen molar-refractivity contribution in [2.75, 3.05) is 13.7 Å². The van der Waals surface area contributed by atoms with E-state index in [2.05, 4.69) is 5.32 Å². The van der Waals surface area contributed by atoms with E-state index < -0.39 is 0 Å². The molecule has 0 bridgehead atoms. The minimum Gasteiger partial charge on any atom is -0.497 e. The fourth-order valence-electron chi connectivity index (χ4n) is 2.59. The third kappa shape index (κ3) is 3.81. The molecule has 0 radical (unpaired) electrons. The summed E-state index contributed by atoms with van der Waals surface area (Å²) in [5.74, 6) is 0.414. The molecule has 1 aromatic heterocycles. The molecule has 0 fully saturated rings. The van der Waals surface area contributed by atoms with Crippen molar-refractivity contribution in [1.29, 1.82) is 0 Å². The van der Waals surface area contributed by atoms with Gasteiger partial charge < -0.3 is 14.5 Å². The highest BCUT2D eigenvalue weighted by Crippen LogP contribution is 2.22. The average molecular weight is 327 g/mol. The molecule has 0 saturated carbocycles. The van der Waals surface area contributed by atoms with Crippen LogP contribution < -0.4 is 15.7 Å². The van der Waals surface area contributed by atoms with Gasteiger partial charge in [-0.1, -0.05) is 12.1 Å². The van der Waals surface area contributed by atoms with Gasteiger partial charge in [0, 0.05) is 24.1 Å². The summed E-state index contributed by atoms with van der Waals surface area (Å²) >= 11 is 0. The van der Waals surface area contributed by atoms with Gasteiger partial charge in [0.1, 0.15) is 17.1 Å². The normalized spacial score (nSPS) is 10.9. The van der Waals surface area contributed by atoms with Gasteiger partial charge in [-0.25, -0.2) is 9.18 Å². The van der Waals surface area contributed by atoms with Crippen LogP contribution in [-0.2, 0) is 13.0 Å². The van der Waals surface area contributed by atoms with Crippen molar-refractivity contribution in [2.24, 2.45) is 0 Å². The molecule has 0 atom stereocenters. The number of benzene rings is 2. The highest BCUT2D eigenvalue weighted by atomic mass is 19.1. The maximum absolute atomic E-state index is 12.9. The second-order valence-corrected chi connectivity index (χ2v) is 5.51. The lowest BCUT2D eigenvalue weighted by Gasteiger charge is -2.08. The van der Waals surface area contributed by atoms with Crippen LogP contribution in [0.2, 0.25) is 0 Å². The van der Waals surface area contributed by atoms with Gasteiger partial charge in [-0.05, 0) is 48.4 Å². The fraction of sp³-hybridized carbons (Fsp3) is 0.211. The molecular weight excluding hydrogens is 309 g/mol. The highest BCUT2D eigenvalue weighted by Gasteiger charge is 2.07. The Hall–Kier alpha value is -2.66. The third-order valence-electron chi connectivity index (χ3n) is 3.86. The summed E-state index contributed by atoms with van der Waals surface area (Å²) in [6, 6.07) is 13.4. The zero-order valence-electron chi connectivity index (χ0n) is 13.3. The molecule has 4 nitrogen and oxygen atoms in total. The number of halogens is 1. The Morgan fingerprint density at radius 1 is 1.12 bits per heavy atom. The van der Waals surface area contributed by atoms with Gasteiger partial charge >= 0.3 is 5.63 Å². The van der Waals surface area contributed by atoms with Gasteiger partial charge in [0.15, 0.2) is 0 Å². The number of ether oxygens (including phenoxy) is 1. The first-order chi connectivity index (χ1) is 11.7. The van der Waals surface area contributed by atoms with Gasteiger partial charge in [0.2, 0.25) is 0 Å². The van der Waals surface area contributed by atoms with Gasteiger partial charge in [-0.3, -0.25) is 0 Å². The zero-order valence-corrected chi connectivity index (χ0v) is 13.3. The summed E-state index contributed by atoms with van der Waals surface area (Å²) in [6.07, 6.45) is 0.785. The van der Waals surface area contributed by atoms with Gasteiger partial charge in [0.05, 0.1) is 7.11 Å². The van der Waals surface area contributed by atoms with Crippen LogP contribution in [0, 0.1) is 5.82 Å². The molecule has 0 aliphatic carbocycles. The van der Waals surface area contributed by atoms with Crippen molar-refractivity contribution in [1.82, 2.24) is 5.32 Å². The molecule has 1 heterocycles. The van der Waals surface area contributed by atoms with E-state index in [1.54, 1.807) is 25.3 Å². The molecule has 0 spiro atoms. The van der Waals surface area contributed by atoms with Crippen LogP contribution in [0.15, 0.2) is 57.7 Å². The number of methoxy groups -OCH3 is 1. The quantitative estimate of drug-likeness (QED) is 0.558. The van der Waals surface area contributed by atoms with E-state index in [4.69, 9.17) is 9.15 Å². The van der Waals surface area contributed by atoms with Crippen molar-refractivity contribution < 1.29 is 13.5 Å². The molecule has 2 aromatic carbocycles. The van der Waals surface area contributed by atoms with Crippen molar-refractivity contribution in [3.63, 3.8) is 0 Å². The Labute approximate surface area is 138 Å². The Morgan fingerprint density at radius 2 is 1.92 bits per heavy atom. The topological polar surface area (TPSA) is 51.5 Å². The molecule has 1 N–H and O–H groups in total. The lowest BCUT2D eigenvalue weighted by atomic mass is 10.1. The molecule has 3 aromatic rings. The first-order valence-corrected chi connectivity index (χ1v) is 7.71. The van der Waals surface area contributed by atoms with E-state index in [0.29, 0.717) is 17.9 Å². The van der Waals surface area contributed by atoms with Crippen LogP contribution in [-0.4, -0.2) is 13.7 Å². The van der Waals surface area contributed by atoms with Crippen LogP contribution in [0.3, 0.4) is 0 Å². The number of rotatable bonds is 6. The van der Waals surface area contributed by atoms with Crippen molar-refractivity contribution >= 4 is 11.0 Å². The maximum Gasteiger partial charge on any atom is 0.336 e. The number of hydrogen-bond acceptors (Lipinski definition) is 4. The van der Waals surface area contributed by atoms with E-state index >= 15 is 0 Å². The predicted octanol–water partition coefficient (Wildman–Crippen LogP) is 3.27.